The summed E-state index contributed by atoms with van der Waals surface area (Å²) in [7, 11) is 0. The van der Waals surface area contributed by atoms with Crippen LogP contribution in [0.1, 0.15) is 44.8 Å². The van der Waals surface area contributed by atoms with Gasteiger partial charge in [0.05, 0.1) is 11.3 Å². The van der Waals surface area contributed by atoms with Crippen molar-refractivity contribution in [3.63, 3.8) is 0 Å². The van der Waals surface area contributed by atoms with E-state index in [0.717, 1.165) is 23.6 Å². The lowest BCUT2D eigenvalue weighted by Gasteiger charge is -2.24. The molecule has 0 aliphatic heterocycles. The van der Waals surface area contributed by atoms with Crippen LogP contribution in [0.2, 0.25) is 5.02 Å². The van der Waals surface area contributed by atoms with Crippen molar-refractivity contribution in [3.8, 4) is 5.69 Å². The van der Waals surface area contributed by atoms with Crippen LogP contribution in [0, 0.1) is 5.41 Å². The van der Waals surface area contributed by atoms with Crippen molar-refractivity contribution in [1.82, 2.24) is 19.7 Å². The van der Waals surface area contributed by atoms with E-state index < -0.39 is 5.60 Å². The summed E-state index contributed by atoms with van der Waals surface area (Å²) in [5.41, 5.74) is 1.64. The van der Waals surface area contributed by atoms with Gasteiger partial charge in [-0.25, -0.2) is 9.67 Å². The molecule has 138 valence electrons. The Kier molecular flexibility index (Phi) is 4.95. The Morgan fingerprint density at radius 1 is 1.19 bits per heavy atom. The fraction of sp³-hybridized carbons (Fsp3) is 0.400. The van der Waals surface area contributed by atoms with Crippen LogP contribution in [-0.4, -0.2) is 24.9 Å². The van der Waals surface area contributed by atoms with Crippen molar-refractivity contribution < 1.29 is 5.11 Å². The summed E-state index contributed by atoms with van der Waals surface area (Å²) < 4.78 is 1.73. The van der Waals surface area contributed by atoms with Gasteiger partial charge in [-0.05, 0) is 37.0 Å². The third-order valence-corrected chi connectivity index (χ3v) is 4.53. The van der Waals surface area contributed by atoms with E-state index in [1.54, 1.807) is 17.8 Å². The number of imidazole rings is 1. The van der Waals surface area contributed by atoms with Crippen LogP contribution in [0.25, 0.3) is 5.69 Å². The van der Waals surface area contributed by atoms with E-state index in [4.69, 9.17) is 11.6 Å². The Bertz CT molecular complexity index is 876. The molecule has 26 heavy (non-hydrogen) atoms. The Morgan fingerprint density at radius 3 is 2.58 bits per heavy atom. The molecule has 3 aromatic rings. The van der Waals surface area contributed by atoms with Gasteiger partial charge < -0.3 is 10.1 Å². The summed E-state index contributed by atoms with van der Waals surface area (Å²) in [5, 5.41) is 15.7. The fourth-order valence-corrected chi connectivity index (χ4v) is 3.46. The van der Waals surface area contributed by atoms with E-state index in [0.29, 0.717) is 17.0 Å². The number of H-pyrrole nitrogens is 1. The monoisotopic (exact) mass is 372 g/mol. The van der Waals surface area contributed by atoms with Crippen molar-refractivity contribution in [1.29, 1.82) is 0 Å². The third-order valence-electron chi connectivity index (χ3n) is 4.22. The maximum absolute atomic E-state index is 11.0. The Balaban J connectivity index is 1.80. The lowest BCUT2D eigenvalue weighted by Crippen LogP contribution is -2.25. The van der Waals surface area contributed by atoms with E-state index in [1.165, 1.54) is 0 Å². The Morgan fingerprint density at radius 2 is 1.96 bits per heavy atom. The van der Waals surface area contributed by atoms with Gasteiger partial charge in [-0.15, -0.1) is 0 Å². The molecular formula is C20H25ClN4O. The van der Waals surface area contributed by atoms with E-state index in [1.807, 2.05) is 36.7 Å². The van der Waals surface area contributed by atoms with Crippen molar-refractivity contribution in [2.75, 3.05) is 0 Å². The minimum atomic E-state index is -1.13. The van der Waals surface area contributed by atoms with Crippen molar-refractivity contribution in [2.45, 2.75) is 46.1 Å². The number of aromatic nitrogens is 4. The Labute approximate surface area is 159 Å². The van der Waals surface area contributed by atoms with Gasteiger partial charge in [0.15, 0.2) is 0 Å². The molecule has 1 aromatic carbocycles. The molecule has 0 saturated carbocycles. The summed E-state index contributed by atoms with van der Waals surface area (Å²) in [6.45, 7) is 8.31. The second kappa shape index (κ2) is 6.89. The van der Waals surface area contributed by atoms with Gasteiger partial charge in [0.25, 0.3) is 0 Å². The van der Waals surface area contributed by atoms with Crippen molar-refractivity contribution in [2.24, 2.45) is 5.41 Å². The highest BCUT2D eigenvalue weighted by molar-refractivity contribution is 6.31. The number of rotatable bonds is 5. The molecule has 0 amide bonds. The topological polar surface area (TPSA) is 66.7 Å². The number of hydrogen-bond acceptors (Lipinski definition) is 3. The quantitative estimate of drug-likeness (QED) is 0.702. The number of aromatic amines is 1. The predicted molar refractivity (Wildman–Crippen MR) is 104 cm³/mol. The van der Waals surface area contributed by atoms with Gasteiger partial charge >= 0.3 is 0 Å². The predicted octanol–water partition coefficient (Wildman–Crippen LogP) is 4.29. The molecule has 0 spiro atoms. The standard InChI is InChI=1S/C20H25ClN4O/c1-19(2,3)11-14-13-22-18(24-14)12-20(4,26)16-7-6-15(10-17(16)21)25-9-5-8-23-25/h5-10,13,26H,11-12H2,1-4H3,(H,22,24). The molecule has 2 aromatic heterocycles. The molecule has 0 aliphatic carbocycles. The minimum absolute atomic E-state index is 0.179. The molecule has 0 bridgehead atoms. The minimum Gasteiger partial charge on any atom is -0.385 e. The lowest BCUT2D eigenvalue weighted by atomic mass is 9.91. The normalized spacial score (nSPS) is 14.4. The summed E-state index contributed by atoms with van der Waals surface area (Å²) in [6, 6.07) is 7.41. The number of halogens is 1. The first-order valence-electron chi connectivity index (χ1n) is 8.69. The number of nitrogens with zero attached hydrogens (tertiary/aromatic N) is 3. The molecule has 6 heteroatoms. The first-order chi connectivity index (χ1) is 12.1. The smallest absolute Gasteiger partial charge is 0.109 e. The molecule has 2 N–H and O–H groups in total. The fourth-order valence-electron chi connectivity index (χ4n) is 3.08. The number of hydrogen-bond donors (Lipinski definition) is 2. The van der Waals surface area contributed by atoms with E-state index in [2.05, 4.69) is 35.8 Å². The summed E-state index contributed by atoms with van der Waals surface area (Å²) in [5.74, 6) is 0.751. The van der Waals surface area contributed by atoms with Gasteiger partial charge in [0, 0.05) is 41.3 Å². The van der Waals surface area contributed by atoms with Crippen LogP contribution in [0.3, 0.4) is 0 Å². The zero-order chi connectivity index (χ0) is 18.9. The van der Waals surface area contributed by atoms with Gasteiger partial charge in [-0.2, -0.15) is 5.10 Å². The maximum atomic E-state index is 11.0. The van der Waals surface area contributed by atoms with Crippen LogP contribution in [0.5, 0.6) is 0 Å². The highest BCUT2D eigenvalue weighted by atomic mass is 35.5. The SMILES string of the molecule is CC(C)(C)Cc1cnc(CC(C)(O)c2ccc(-n3cccn3)cc2Cl)[nH]1. The molecule has 0 fully saturated rings. The first-order valence-corrected chi connectivity index (χ1v) is 9.07. The second-order valence-electron chi connectivity index (χ2n) is 8.16. The number of benzene rings is 1. The molecule has 5 nitrogen and oxygen atoms in total. The van der Waals surface area contributed by atoms with Crippen LogP contribution in [0.4, 0.5) is 0 Å². The first kappa shape index (κ1) is 18.7. The van der Waals surface area contributed by atoms with Gasteiger partial charge in [0.2, 0.25) is 0 Å². The zero-order valence-electron chi connectivity index (χ0n) is 15.6. The summed E-state index contributed by atoms with van der Waals surface area (Å²) in [6.07, 6.45) is 6.67. The largest absolute Gasteiger partial charge is 0.385 e. The van der Waals surface area contributed by atoms with E-state index in [9.17, 15) is 5.11 Å². The molecular weight excluding hydrogens is 348 g/mol. The molecule has 1 atom stereocenters. The Hall–Kier alpha value is -2.11. The average molecular weight is 373 g/mol. The third kappa shape index (κ3) is 4.34. The van der Waals surface area contributed by atoms with E-state index in [-0.39, 0.29) is 5.41 Å². The molecule has 2 heterocycles. The lowest BCUT2D eigenvalue weighted by molar-refractivity contribution is 0.0557. The highest BCUT2D eigenvalue weighted by Crippen LogP contribution is 2.32. The van der Waals surface area contributed by atoms with Crippen molar-refractivity contribution in [3.05, 3.63) is 65.0 Å². The maximum Gasteiger partial charge on any atom is 0.109 e. The second-order valence-corrected chi connectivity index (χ2v) is 8.57. The molecule has 3 rings (SSSR count). The van der Waals surface area contributed by atoms with Gasteiger partial charge in [0.1, 0.15) is 5.82 Å². The highest BCUT2D eigenvalue weighted by Gasteiger charge is 2.28. The van der Waals surface area contributed by atoms with E-state index >= 15 is 0 Å². The molecule has 0 saturated heterocycles. The van der Waals surface area contributed by atoms with Crippen LogP contribution < -0.4 is 0 Å². The molecule has 0 aliphatic rings. The average Bonchev–Trinajstić information content (AvgIpc) is 3.17. The van der Waals surface area contributed by atoms with Crippen LogP contribution in [0.15, 0.2) is 42.9 Å². The number of aliphatic hydroxyl groups is 1. The molecule has 0 radical (unpaired) electrons. The number of nitrogens with one attached hydrogen (secondary N) is 1. The zero-order valence-corrected chi connectivity index (χ0v) is 16.4. The van der Waals surface area contributed by atoms with Gasteiger partial charge in [-0.1, -0.05) is 38.4 Å². The molecule has 1 unspecified atom stereocenters. The van der Waals surface area contributed by atoms with Gasteiger partial charge in [-0.3, -0.25) is 0 Å². The summed E-state index contributed by atoms with van der Waals surface area (Å²) >= 11 is 6.46. The van der Waals surface area contributed by atoms with Crippen LogP contribution in [-0.2, 0) is 18.4 Å². The van der Waals surface area contributed by atoms with Crippen molar-refractivity contribution >= 4 is 11.6 Å². The summed E-state index contributed by atoms with van der Waals surface area (Å²) in [4.78, 5) is 7.75. The van der Waals surface area contributed by atoms with Crippen LogP contribution >= 0.6 is 11.6 Å².